The molecule has 0 N–H and O–H groups in total. The summed E-state index contributed by atoms with van der Waals surface area (Å²) >= 11 is 0. The predicted molar refractivity (Wildman–Crippen MR) is 80.3 cm³/mol. The van der Waals surface area contributed by atoms with Crippen molar-refractivity contribution in [3.63, 3.8) is 0 Å². The first-order valence-corrected chi connectivity index (χ1v) is 7.18. The summed E-state index contributed by atoms with van der Waals surface area (Å²) in [6.07, 6.45) is 0. The van der Waals surface area contributed by atoms with E-state index in [0.717, 1.165) is 13.1 Å². The molecule has 2 unspecified atom stereocenters. The molecule has 1 aliphatic rings. The van der Waals surface area contributed by atoms with Gasteiger partial charge in [-0.1, -0.05) is 61.5 Å². The molecule has 0 aromatic heterocycles. The molecule has 1 heteroatoms. The van der Waals surface area contributed by atoms with Gasteiger partial charge in [0, 0.05) is 18.5 Å². The average molecular weight is 251 g/mol. The number of likely N-dealkylation sites (N-methyl/N-ethyl adjacent to an activating group) is 1. The van der Waals surface area contributed by atoms with E-state index in [0.29, 0.717) is 12.0 Å². The van der Waals surface area contributed by atoms with Crippen LogP contribution in [0.15, 0.2) is 54.6 Å². The van der Waals surface area contributed by atoms with E-state index in [4.69, 9.17) is 0 Å². The number of benzene rings is 2. The molecule has 1 nitrogen and oxygen atoms in total. The van der Waals surface area contributed by atoms with Crippen LogP contribution >= 0.6 is 0 Å². The highest BCUT2D eigenvalue weighted by Gasteiger charge is 2.31. The summed E-state index contributed by atoms with van der Waals surface area (Å²) < 4.78 is 0. The SMILES string of the molecule is CCN1Cc2ccccc2C(c2ccccc2)C1C. The van der Waals surface area contributed by atoms with Crippen LogP contribution in [0.2, 0.25) is 0 Å². The Balaban J connectivity index is 2.10. The second kappa shape index (κ2) is 5.18. The van der Waals surface area contributed by atoms with Gasteiger partial charge in [-0.15, -0.1) is 0 Å². The number of hydrogen-bond acceptors (Lipinski definition) is 1. The third-order valence-electron chi connectivity index (χ3n) is 4.39. The lowest BCUT2D eigenvalue weighted by molar-refractivity contribution is 0.178. The number of nitrogens with zero attached hydrogens (tertiary/aromatic N) is 1. The molecular weight excluding hydrogens is 230 g/mol. The minimum Gasteiger partial charge on any atom is -0.296 e. The molecule has 1 heterocycles. The van der Waals surface area contributed by atoms with E-state index in [-0.39, 0.29) is 0 Å². The van der Waals surface area contributed by atoms with E-state index in [1.807, 2.05) is 0 Å². The van der Waals surface area contributed by atoms with Gasteiger partial charge in [0.05, 0.1) is 0 Å². The summed E-state index contributed by atoms with van der Waals surface area (Å²) in [7, 11) is 0. The molecule has 98 valence electrons. The number of fused-ring (bicyclic) bond motifs is 1. The third-order valence-corrected chi connectivity index (χ3v) is 4.39. The highest BCUT2D eigenvalue weighted by molar-refractivity contribution is 5.41. The maximum absolute atomic E-state index is 2.57. The Morgan fingerprint density at radius 1 is 1.00 bits per heavy atom. The fourth-order valence-electron chi connectivity index (χ4n) is 3.33. The Labute approximate surface area is 115 Å². The standard InChI is InChI=1S/C18H21N/c1-3-19-13-16-11-7-8-12-17(16)18(14(19)2)15-9-5-4-6-10-15/h4-12,14,18H,3,13H2,1-2H3. The summed E-state index contributed by atoms with van der Waals surface area (Å²) in [6.45, 7) is 6.81. The van der Waals surface area contributed by atoms with Crippen LogP contribution < -0.4 is 0 Å². The van der Waals surface area contributed by atoms with Crippen LogP contribution in [0, 0.1) is 0 Å². The molecule has 19 heavy (non-hydrogen) atoms. The monoisotopic (exact) mass is 251 g/mol. The van der Waals surface area contributed by atoms with Gasteiger partial charge in [-0.05, 0) is 30.2 Å². The first-order chi connectivity index (χ1) is 9.31. The molecule has 3 rings (SSSR count). The van der Waals surface area contributed by atoms with Crippen LogP contribution in [0.1, 0.15) is 36.5 Å². The smallest absolute Gasteiger partial charge is 0.0246 e. The molecule has 1 aliphatic heterocycles. The quantitative estimate of drug-likeness (QED) is 0.778. The maximum Gasteiger partial charge on any atom is 0.0246 e. The lowest BCUT2D eigenvalue weighted by Crippen LogP contribution is -2.41. The molecule has 0 fully saturated rings. The predicted octanol–water partition coefficient (Wildman–Crippen LogP) is 4.04. The van der Waals surface area contributed by atoms with Gasteiger partial charge in [-0.2, -0.15) is 0 Å². The molecule has 0 spiro atoms. The largest absolute Gasteiger partial charge is 0.296 e. The topological polar surface area (TPSA) is 3.24 Å². The van der Waals surface area contributed by atoms with Crippen LogP contribution in [-0.4, -0.2) is 17.5 Å². The van der Waals surface area contributed by atoms with Gasteiger partial charge in [0.2, 0.25) is 0 Å². The molecule has 0 bridgehead atoms. The zero-order valence-corrected chi connectivity index (χ0v) is 11.7. The Hall–Kier alpha value is -1.60. The summed E-state index contributed by atoms with van der Waals surface area (Å²) in [5.41, 5.74) is 4.42. The normalized spacial score (nSPS) is 23.1. The zero-order valence-electron chi connectivity index (χ0n) is 11.7. The summed E-state index contributed by atoms with van der Waals surface area (Å²) in [5.74, 6) is 0.492. The molecule has 0 radical (unpaired) electrons. The highest BCUT2D eigenvalue weighted by Crippen LogP contribution is 2.37. The van der Waals surface area contributed by atoms with Gasteiger partial charge in [-0.25, -0.2) is 0 Å². The van der Waals surface area contributed by atoms with Crippen molar-refractivity contribution >= 4 is 0 Å². The van der Waals surface area contributed by atoms with Crippen molar-refractivity contribution in [1.29, 1.82) is 0 Å². The van der Waals surface area contributed by atoms with Crippen LogP contribution in [0.5, 0.6) is 0 Å². The molecule has 2 aromatic rings. The summed E-state index contributed by atoms with van der Waals surface area (Å²) in [4.78, 5) is 2.57. The molecule has 2 aromatic carbocycles. The molecule has 2 atom stereocenters. The molecule has 0 saturated carbocycles. The Kier molecular flexibility index (Phi) is 3.39. The second-order valence-corrected chi connectivity index (χ2v) is 5.39. The van der Waals surface area contributed by atoms with E-state index in [1.165, 1.54) is 16.7 Å². The van der Waals surface area contributed by atoms with E-state index in [9.17, 15) is 0 Å². The minimum atomic E-state index is 0.492. The van der Waals surface area contributed by atoms with Crippen molar-refractivity contribution in [2.24, 2.45) is 0 Å². The number of rotatable bonds is 2. The van der Waals surface area contributed by atoms with Gasteiger partial charge < -0.3 is 0 Å². The van der Waals surface area contributed by atoms with Crippen LogP contribution in [0.3, 0.4) is 0 Å². The fraction of sp³-hybridized carbons (Fsp3) is 0.333. The van der Waals surface area contributed by atoms with Gasteiger partial charge >= 0.3 is 0 Å². The zero-order chi connectivity index (χ0) is 13.2. The highest BCUT2D eigenvalue weighted by atomic mass is 15.2. The Bertz CT molecular complexity index is 547. The first kappa shape index (κ1) is 12.4. The van der Waals surface area contributed by atoms with Crippen LogP contribution in [-0.2, 0) is 6.54 Å². The minimum absolute atomic E-state index is 0.492. The van der Waals surface area contributed by atoms with Gasteiger partial charge in [0.1, 0.15) is 0 Å². The van der Waals surface area contributed by atoms with Gasteiger partial charge in [0.15, 0.2) is 0 Å². The van der Waals surface area contributed by atoms with Crippen molar-refractivity contribution in [2.45, 2.75) is 32.4 Å². The van der Waals surface area contributed by atoms with E-state index >= 15 is 0 Å². The van der Waals surface area contributed by atoms with Gasteiger partial charge in [0.25, 0.3) is 0 Å². The average Bonchev–Trinajstić information content (AvgIpc) is 2.47. The fourth-order valence-corrected chi connectivity index (χ4v) is 3.33. The van der Waals surface area contributed by atoms with E-state index in [1.54, 1.807) is 0 Å². The van der Waals surface area contributed by atoms with Crippen molar-refractivity contribution in [2.75, 3.05) is 6.54 Å². The molecule has 0 saturated heterocycles. The lowest BCUT2D eigenvalue weighted by Gasteiger charge is -2.40. The summed E-state index contributed by atoms with van der Waals surface area (Å²) in [6, 6.07) is 20.4. The first-order valence-electron chi connectivity index (χ1n) is 7.18. The third kappa shape index (κ3) is 2.19. The second-order valence-electron chi connectivity index (χ2n) is 5.39. The van der Waals surface area contributed by atoms with E-state index < -0.39 is 0 Å². The van der Waals surface area contributed by atoms with Crippen molar-refractivity contribution in [1.82, 2.24) is 4.90 Å². The maximum atomic E-state index is 2.57. The van der Waals surface area contributed by atoms with Crippen molar-refractivity contribution < 1.29 is 0 Å². The van der Waals surface area contributed by atoms with Crippen molar-refractivity contribution in [3.05, 3.63) is 71.3 Å². The van der Waals surface area contributed by atoms with Crippen LogP contribution in [0.25, 0.3) is 0 Å². The number of hydrogen-bond donors (Lipinski definition) is 0. The van der Waals surface area contributed by atoms with Crippen molar-refractivity contribution in [3.8, 4) is 0 Å². The molecule has 0 amide bonds. The van der Waals surface area contributed by atoms with Gasteiger partial charge in [-0.3, -0.25) is 4.90 Å². The summed E-state index contributed by atoms with van der Waals surface area (Å²) in [5, 5.41) is 0. The molecular formula is C18H21N. The van der Waals surface area contributed by atoms with Crippen LogP contribution in [0.4, 0.5) is 0 Å². The molecule has 0 aliphatic carbocycles. The van der Waals surface area contributed by atoms with E-state index in [2.05, 4.69) is 73.3 Å². The Morgan fingerprint density at radius 3 is 2.42 bits per heavy atom. The lowest BCUT2D eigenvalue weighted by atomic mass is 9.79. The Morgan fingerprint density at radius 2 is 1.68 bits per heavy atom.